The van der Waals surface area contributed by atoms with Gasteiger partial charge in [-0.1, -0.05) is 60.1 Å². The third-order valence-electron chi connectivity index (χ3n) is 5.65. The normalized spacial score (nSPS) is 10.9. The summed E-state index contributed by atoms with van der Waals surface area (Å²) < 4.78 is 17.0. The highest BCUT2D eigenvalue weighted by Crippen LogP contribution is 2.30. The SMILES string of the molecule is COc1ccc(CCNCc2c(OCc3ccc(Cl)cc3)ccc3ccccc23)cc1OC. The van der Waals surface area contributed by atoms with Gasteiger partial charge in [-0.3, -0.25) is 0 Å². The maximum absolute atomic E-state index is 6.23. The molecule has 170 valence electrons. The van der Waals surface area contributed by atoms with E-state index in [1.165, 1.54) is 16.3 Å². The van der Waals surface area contributed by atoms with Crippen LogP contribution in [-0.2, 0) is 19.6 Å². The quantitative estimate of drug-likeness (QED) is 0.276. The number of methoxy groups -OCH3 is 2. The Hall–Kier alpha value is -3.21. The van der Waals surface area contributed by atoms with E-state index in [1.807, 2.05) is 36.4 Å². The Labute approximate surface area is 200 Å². The molecule has 0 bridgehead atoms. The maximum Gasteiger partial charge on any atom is 0.160 e. The molecule has 0 aromatic heterocycles. The van der Waals surface area contributed by atoms with Gasteiger partial charge < -0.3 is 19.5 Å². The maximum atomic E-state index is 6.23. The van der Waals surface area contributed by atoms with Crippen molar-refractivity contribution in [1.29, 1.82) is 0 Å². The fourth-order valence-electron chi connectivity index (χ4n) is 3.86. The van der Waals surface area contributed by atoms with Crippen molar-refractivity contribution in [3.8, 4) is 17.2 Å². The zero-order valence-electron chi connectivity index (χ0n) is 18.9. The van der Waals surface area contributed by atoms with Crippen LogP contribution in [0.15, 0.2) is 78.9 Å². The minimum atomic E-state index is 0.494. The molecule has 0 aliphatic heterocycles. The van der Waals surface area contributed by atoms with E-state index in [0.717, 1.165) is 46.4 Å². The predicted molar refractivity (Wildman–Crippen MR) is 135 cm³/mol. The molecule has 4 rings (SSSR count). The van der Waals surface area contributed by atoms with Crippen LogP contribution in [0.4, 0.5) is 0 Å². The zero-order valence-corrected chi connectivity index (χ0v) is 19.7. The molecule has 0 radical (unpaired) electrons. The molecule has 4 aromatic carbocycles. The minimum Gasteiger partial charge on any atom is -0.493 e. The van der Waals surface area contributed by atoms with Gasteiger partial charge in [0.05, 0.1) is 14.2 Å². The molecular formula is C28H28ClNO3. The summed E-state index contributed by atoms with van der Waals surface area (Å²) in [6.45, 7) is 2.04. The van der Waals surface area contributed by atoms with E-state index >= 15 is 0 Å². The highest BCUT2D eigenvalue weighted by atomic mass is 35.5. The summed E-state index contributed by atoms with van der Waals surface area (Å²) in [5.41, 5.74) is 3.44. The summed E-state index contributed by atoms with van der Waals surface area (Å²) in [6.07, 6.45) is 0.881. The van der Waals surface area contributed by atoms with E-state index in [-0.39, 0.29) is 0 Å². The molecule has 0 aliphatic carbocycles. The van der Waals surface area contributed by atoms with Gasteiger partial charge in [0.2, 0.25) is 0 Å². The lowest BCUT2D eigenvalue weighted by molar-refractivity contribution is 0.303. The van der Waals surface area contributed by atoms with E-state index in [4.69, 9.17) is 25.8 Å². The largest absolute Gasteiger partial charge is 0.493 e. The molecule has 1 N–H and O–H groups in total. The third kappa shape index (κ3) is 5.78. The minimum absolute atomic E-state index is 0.494. The molecule has 4 nitrogen and oxygen atoms in total. The van der Waals surface area contributed by atoms with Crippen LogP contribution < -0.4 is 19.5 Å². The lowest BCUT2D eigenvalue weighted by atomic mass is 10.0. The first kappa shape index (κ1) is 23.0. The number of rotatable bonds is 10. The van der Waals surface area contributed by atoms with E-state index < -0.39 is 0 Å². The van der Waals surface area contributed by atoms with E-state index in [9.17, 15) is 0 Å². The summed E-state index contributed by atoms with van der Waals surface area (Å²) in [5, 5.41) is 6.71. The molecular weight excluding hydrogens is 434 g/mol. The fourth-order valence-corrected chi connectivity index (χ4v) is 3.98. The number of nitrogens with one attached hydrogen (secondary N) is 1. The summed E-state index contributed by atoms with van der Waals surface area (Å²) in [6, 6.07) is 26.4. The number of benzene rings is 4. The number of hydrogen-bond donors (Lipinski definition) is 1. The molecule has 0 saturated carbocycles. The summed E-state index contributed by atoms with van der Waals surface area (Å²) in [4.78, 5) is 0. The van der Waals surface area contributed by atoms with Crippen molar-refractivity contribution in [2.45, 2.75) is 19.6 Å². The Balaban J connectivity index is 1.45. The van der Waals surface area contributed by atoms with Crippen LogP contribution in [0.1, 0.15) is 16.7 Å². The molecule has 0 unspecified atom stereocenters. The van der Waals surface area contributed by atoms with Gasteiger partial charge in [-0.15, -0.1) is 0 Å². The van der Waals surface area contributed by atoms with Gasteiger partial charge in [-0.2, -0.15) is 0 Å². The van der Waals surface area contributed by atoms with Gasteiger partial charge in [-0.05, 0) is 65.2 Å². The van der Waals surface area contributed by atoms with Gasteiger partial charge >= 0.3 is 0 Å². The van der Waals surface area contributed by atoms with Crippen molar-refractivity contribution >= 4 is 22.4 Å². The van der Waals surface area contributed by atoms with Crippen molar-refractivity contribution in [3.63, 3.8) is 0 Å². The second-order valence-electron chi connectivity index (χ2n) is 7.79. The topological polar surface area (TPSA) is 39.7 Å². The van der Waals surface area contributed by atoms with Gasteiger partial charge in [0.15, 0.2) is 11.5 Å². The first-order valence-electron chi connectivity index (χ1n) is 11.0. The highest BCUT2D eigenvalue weighted by molar-refractivity contribution is 6.30. The smallest absolute Gasteiger partial charge is 0.160 e. The van der Waals surface area contributed by atoms with Crippen LogP contribution in [0.3, 0.4) is 0 Å². The molecule has 0 amide bonds. The van der Waals surface area contributed by atoms with Crippen LogP contribution >= 0.6 is 11.6 Å². The molecule has 4 aromatic rings. The van der Waals surface area contributed by atoms with Gasteiger partial charge in [0.1, 0.15) is 12.4 Å². The Morgan fingerprint density at radius 1 is 0.758 bits per heavy atom. The van der Waals surface area contributed by atoms with Crippen LogP contribution in [0.2, 0.25) is 5.02 Å². The zero-order chi connectivity index (χ0) is 23.0. The molecule has 0 heterocycles. The molecule has 0 atom stereocenters. The molecule has 0 aliphatic rings. The molecule has 0 spiro atoms. The number of halogens is 1. The Morgan fingerprint density at radius 2 is 1.48 bits per heavy atom. The van der Waals surface area contributed by atoms with Crippen molar-refractivity contribution in [2.24, 2.45) is 0 Å². The number of ether oxygens (including phenoxy) is 3. The average Bonchev–Trinajstić information content (AvgIpc) is 2.86. The van der Waals surface area contributed by atoms with Crippen LogP contribution in [0.25, 0.3) is 10.8 Å². The molecule has 5 heteroatoms. The third-order valence-corrected chi connectivity index (χ3v) is 5.90. The highest BCUT2D eigenvalue weighted by Gasteiger charge is 2.10. The lowest BCUT2D eigenvalue weighted by Crippen LogP contribution is -2.17. The second kappa shape index (κ2) is 11.1. The van der Waals surface area contributed by atoms with E-state index in [2.05, 4.69) is 47.8 Å². The monoisotopic (exact) mass is 461 g/mol. The Kier molecular flexibility index (Phi) is 7.71. The van der Waals surface area contributed by atoms with Crippen molar-refractivity contribution in [3.05, 3.63) is 101 Å². The summed E-state index contributed by atoms with van der Waals surface area (Å²) >= 11 is 6.00. The van der Waals surface area contributed by atoms with Gasteiger partial charge in [0.25, 0.3) is 0 Å². The van der Waals surface area contributed by atoms with E-state index in [0.29, 0.717) is 13.2 Å². The Bertz CT molecular complexity index is 1210. The van der Waals surface area contributed by atoms with Crippen molar-refractivity contribution < 1.29 is 14.2 Å². The van der Waals surface area contributed by atoms with Crippen molar-refractivity contribution in [2.75, 3.05) is 20.8 Å². The Morgan fingerprint density at radius 3 is 2.27 bits per heavy atom. The number of fused-ring (bicyclic) bond motifs is 1. The predicted octanol–water partition coefficient (Wildman–Crippen LogP) is 6.42. The van der Waals surface area contributed by atoms with E-state index in [1.54, 1.807) is 14.2 Å². The van der Waals surface area contributed by atoms with Crippen LogP contribution in [0, 0.1) is 0 Å². The standard InChI is InChI=1S/C28H28ClNO3/c1-31-27-13-9-20(17-28(27)32-2)15-16-30-18-25-24-6-4-3-5-22(24)10-14-26(25)33-19-21-7-11-23(29)12-8-21/h3-14,17,30H,15-16,18-19H2,1-2H3. The lowest BCUT2D eigenvalue weighted by Gasteiger charge is -2.16. The molecule has 0 saturated heterocycles. The number of hydrogen-bond acceptors (Lipinski definition) is 4. The average molecular weight is 462 g/mol. The first-order valence-corrected chi connectivity index (χ1v) is 11.3. The van der Waals surface area contributed by atoms with Crippen LogP contribution in [0.5, 0.6) is 17.2 Å². The van der Waals surface area contributed by atoms with Gasteiger partial charge in [-0.25, -0.2) is 0 Å². The fraction of sp³-hybridized carbons (Fsp3) is 0.214. The first-order chi connectivity index (χ1) is 16.2. The summed E-state index contributed by atoms with van der Waals surface area (Å²) in [7, 11) is 3.31. The van der Waals surface area contributed by atoms with Gasteiger partial charge in [0, 0.05) is 17.1 Å². The summed E-state index contributed by atoms with van der Waals surface area (Å²) in [5.74, 6) is 2.39. The van der Waals surface area contributed by atoms with Crippen molar-refractivity contribution in [1.82, 2.24) is 5.32 Å². The second-order valence-corrected chi connectivity index (χ2v) is 8.23. The van der Waals surface area contributed by atoms with Crippen LogP contribution in [-0.4, -0.2) is 20.8 Å². The molecule has 33 heavy (non-hydrogen) atoms. The molecule has 0 fully saturated rings.